The van der Waals surface area contributed by atoms with Crippen molar-refractivity contribution in [1.82, 2.24) is 0 Å². The first kappa shape index (κ1) is 71.1. The third kappa shape index (κ3) is 60.0. The zero-order chi connectivity index (χ0) is 53.6. The molecule has 0 heterocycles. The zero-order valence-corrected chi connectivity index (χ0v) is 49.4. The maximum absolute atomic E-state index is 12.9. The Morgan fingerprint density at radius 2 is 0.527 bits per heavy atom. The molecule has 430 valence electrons. The first-order valence-electron chi connectivity index (χ1n) is 32.3. The molecule has 0 fully saturated rings. The number of carbonyl (C=O) groups is 3. The average molecular weight is 1040 g/mol. The van der Waals surface area contributed by atoms with E-state index in [0.29, 0.717) is 19.3 Å². The van der Waals surface area contributed by atoms with Crippen molar-refractivity contribution in [2.24, 2.45) is 0 Å². The minimum absolute atomic E-state index is 0.0801. The highest BCUT2D eigenvalue weighted by Gasteiger charge is 2.19. The minimum atomic E-state index is -0.785. The first-order chi connectivity index (χ1) is 36.5. The Labute approximate surface area is 460 Å². The lowest BCUT2D eigenvalue weighted by molar-refractivity contribution is -0.167. The highest BCUT2D eigenvalue weighted by atomic mass is 16.6. The van der Waals surface area contributed by atoms with Gasteiger partial charge in [-0.3, -0.25) is 14.4 Å². The lowest BCUT2D eigenvalue weighted by atomic mass is 10.0. The summed E-state index contributed by atoms with van der Waals surface area (Å²) < 4.78 is 16.9. The molecule has 0 radical (unpaired) electrons. The van der Waals surface area contributed by atoms with Crippen LogP contribution in [0, 0.1) is 0 Å². The van der Waals surface area contributed by atoms with Crippen molar-refractivity contribution in [3.8, 4) is 0 Å². The van der Waals surface area contributed by atoms with E-state index in [0.717, 1.165) is 109 Å². The van der Waals surface area contributed by atoms with Crippen LogP contribution in [0.1, 0.15) is 335 Å². The summed E-state index contributed by atoms with van der Waals surface area (Å²) in [5.41, 5.74) is 0. The number of unbranched alkanes of at least 4 members (excludes halogenated alkanes) is 38. The second-order valence-electron chi connectivity index (χ2n) is 21.6. The molecule has 0 N–H and O–H groups in total. The molecule has 6 heteroatoms. The number of hydrogen-bond acceptors (Lipinski definition) is 6. The molecule has 1 unspecified atom stereocenters. The molecule has 0 aliphatic rings. The number of carbonyl (C=O) groups excluding carboxylic acids is 3. The lowest BCUT2D eigenvalue weighted by Crippen LogP contribution is -2.30. The van der Waals surface area contributed by atoms with E-state index in [2.05, 4.69) is 81.5 Å². The van der Waals surface area contributed by atoms with Gasteiger partial charge in [-0.25, -0.2) is 0 Å². The number of ether oxygens (including phenoxy) is 3. The summed E-state index contributed by atoms with van der Waals surface area (Å²) in [7, 11) is 0. The van der Waals surface area contributed by atoms with Gasteiger partial charge in [-0.15, -0.1) is 0 Å². The molecule has 0 aromatic rings. The highest BCUT2D eigenvalue weighted by molar-refractivity contribution is 5.71. The number of rotatable bonds is 59. The van der Waals surface area contributed by atoms with Gasteiger partial charge in [0.25, 0.3) is 0 Å². The largest absolute Gasteiger partial charge is 0.462 e. The topological polar surface area (TPSA) is 78.9 Å². The van der Waals surface area contributed by atoms with Crippen molar-refractivity contribution in [2.75, 3.05) is 13.2 Å². The van der Waals surface area contributed by atoms with Crippen molar-refractivity contribution >= 4 is 17.9 Å². The zero-order valence-electron chi connectivity index (χ0n) is 49.4. The number of hydrogen-bond donors (Lipinski definition) is 0. The standard InChI is InChI=1S/C68H122O6/c1-4-7-10-13-16-19-22-25-28-30-31-32-33-34-35-36-38-40-43-46-49-52-55-58-61-67(70)73-64-65(63-72-66(69)60-57-54-51-48-45-42-39-27-24-21-18-15-12-9-6-3)74-68(71)62-59-56-53-50-47-44-41-37-29-26-23-20-17-14-11-8-5-2/h9,12,17-18,20-21,26-27,29,39,65H,4-8,10-11,13-16,19,22-25,28,30-38,40-64H2,1-3H3/b12-9-,20-17-,21-18-,29-26-,39-27-. The van der Waals surface area contributed by atoms with Crippen LogP contribution in [-0.2, 0) is 28.6 Å². The molecule has 0 aliphatic carbocycles. The van der Waals surface area contributed by atoms with E-state index >= 15 is 0 Å². The van der Waals surface area contributed by atoms with Crippen molar-refractivity contribution in [3.05, 3.63) is 60.8 Å². The van der Waals surface area contributed by atoms with Crippen LogP contribution >= 0.6 is 0 Å². The molecule has 0 bridgehead atoms. The van der Waals surface area contributed by atoms with Gasteiger partial charge < -0.3 is 14.2 Å². The van der Waals surface area contributed by atoms with Crippen molar-refractivity contribution < 1.29 is 28.6 Å². The van der Waals surface area contributed by atoms with E-state index in [9.17, 15) is 14.4 Å². The summed E-state index contributed by atoms with van der Waals surface area (Å²) in [5.74, 6) is -0.888. The van der Waals surface area contributed by atoms with E-state index in [1.54, 1.807) is 0 Å². The normalized spacial score (nSPS) is 12.4. The van der Waals surface area contributed by atoms with Crippen LogP contribution in [0.4, 0.5) is 0 Å². The smallest absolute Gasteiger partial charge is 0.306 e. The molecule has 74 heavy (non-hydrogen) atoms. The summed E-state index contributed by atoms with van der Waals surface area (Å²) in [6.07, 6.45) is 79.5. The summed E-state index contributed by atoms with van der Waals surface area (Å²) >= 11 is 0. The Balaban J connectivity index is 4.30. The maximum atomic E-state index is 12.9. The quantitative estimate of drug-likeness (QED) is 0.0261. The third-order valence-corrected chi connectivity index (χ3v) is 14.3. The second kappa shape index (κ2) is 62.6. The van der Waals surface area contributed by atoms with Gasteiger partial charge in [0.2, 0.25) is 0 Å². The van der Waals surface area contributed by atoms with Gasteiger partial charge in [0.1, 0.15) is 13.2 Å². The average Bonchev–Trinajstić information content (AvgIpc) is 3.40. The van der Waals surface area contributed by atoms with Crippen molar-refractivity contribution in [2.45, 2.75) is 341 Å². The molecule has 0 spiro atoms. The maximum Gasteiger partial charge on any atom is 0.306 e. The molecule has 0 amide bonds. The fourth-order valence-corrected chi connectivity index (χ4v) is 9.43. The Kier molecular flexibility index (Phi) is 60.2. The summed E-state index contributed by atoms with van der Waals surface area (Å²) in [4.78, 5) is 38.3. The molecule has 6 nitrogen and oxygen atoms in total. The third-order valence-electron chi connectivity index (χ3n) is 14.3. The predicted molar refractivity (Wildman–Crippen MR) is 321 cm³/mol. The number of allylic oxidation sites excluding steroid dienone is 10. The Morgan fingerprint density at radius 1 is 0.284 bits per heavy atom. The van der Waals surface area contributed by atoms with Crippen LogP contribution in [0.5, 0.6) is 0 Å². The number of esters is 3. The van der Waals surface area contributed by atoms with E-state index in [4.69, 9.17) is 14.2 Å². The van der Waals surface area contributed by atoms with Crippen LogP contribution in [-0.4, -0.2) is 37.2 Å². The van der Waals surface area contributed by atoms with Gasteiger partial charge in [-0.05, 0) is 83.5 Å². The van der Waals surface area contributed by atoms with Gasteiger partial charge in [-0.2, -0.15) is 0 Å². The molecular weight excluding hydrogens is 913 g/mol. The van der Waals surface area contributed by atoms with E-state index in [1.807, 2.05) is 0 Å². The molecule has 0 aliphatic heterocycles. The van der Waals surface area contributed by atoms with Crippen LogP contribution in [0.25, 0.3) is 0 Å². The van der Waals surface area contributed by atoms with Gasteiger partial charge in [0.05, 0.1) is 0 Å². The molecule has 1 atom stereocenters. The summed E-state index contributed by atoms with van der Waals surface area (Å²) in [6, 6.07) is 0. The SMILES string of the molecule is CC/C=C\C/C=C\C/C=C\CCCCCCCC(=O)OCC(COC(=O)CCCCCCCCCCCCCCCCCCCCCCCCCC)OC(=O)CCCCCCCCC/C=C\C/C=C\CCCCC. The summed E-state index contributed by atoms with van der Waals surface area (Å²) in [5, 5.41) is 0. The Morgan fingerprint density at radius 3 is 0.851 bits per heavy atom. The molecule has 0 aromatic carbocycles. The molecule has 0 saturated heterocycles. The van der Waals surface area contributed by atoms with Crippen LogP contribution in [0.3, 0.4) is 0 Å². The summed E-state index contributed by atoms with van der Waals surface area (Å²) in [6.45, 7) is 6.53. The lowest BCUT2D eigenvalue weighted by Gasteiger charge is -2.18. The second-order valence-corrected chi connectivity index (χ2v) is 21.6. The fraction of sp³-hybridized carbons (Fsp3) is 0.809. The van der Waals surface area contributed by atoms with Crippen molar-refractivity contribution in [1.29, 1.82) is 0 Å². The molecule has 0 rings (SSSR count). The predicted octanol–water partition coefficient (Wildman–Crippen LogP) is 21.9. The van der Waals surface area contributed by atoms with Gasteiger partial charge in [0.15, 0.2) is 6.10 Å². The van der Waals surface area contributed by atoms with Gasteiger partial charge in [-0.1, -0.05) is 293 Å². The Bertz CT molecular complexity index is 1330. The monoisotopic (exact) mass is 1030 g/mol. The van der Waals surface area contributed by atoms with Crippen LogP contribution < -0.4 is 0 Å². The van der Waals surface area contributed by atoms with Crippen molar-refractivity contribution in [3.63, 3.8) is 0 Å². The van der Waals surface area contributed by atoms with Gasteiger partial charge >= 0.3 is 17.9 Å². The van der Waals surface area contributed by atoms with Gasteiger partial charge in [0, 0.05) is 19.3 Å². The van der Waals surface area contributed by atoms with Crippen LogP contribution in [0.2, 0.25) is 0 Å². The van der Waals surface area contributed by atoms with E-state index in [-0.39, 0.29) is 31.1 Å². The van der Waals surface area contributed by atoms with E-state index in [1.165, 1.54) is 186 Å². The van der Waals surface area contributed by atoms with Crippen LogP contribution in [0.15, 0.2) is 60.8 Å². The minimum Gasteiger partial charge on any atom is -0.462 e. The molecule has 0 saturated carbocycles. The Hall–Kier alpha value is -2.89. The molecule has 0 aromatic heterocycles. The first-order valence-corrected chi connectivity index (χ1v) is 32.3. The molecular formula is C68H122O6. The van der Waals surface area contributed by atoms with E-state index < -0.39 is 6.10 Å². The fourth-order valence-electron chi connectivity index (χ4n) is 9.43. The highest BCUT2D eigenvalue weighted by Crippen LogP contribution is 2.17.